The van der Waals surface area contributed by atoms with Crippen molar-refractivity contribution in [1.82, 2.24) is 0 Å². The molecule has 82 valence electrons. The predicted octanol–water partition coefficient (Wildman–Crippen LogP) is -3.29. The summed E-state index contributed by atoms with van der Waals surface area (Å²) in [5.41, 5.74) is 15.6. The number of ether oxygens (including phenoxy) is 1. The van der Waals surface area contributed by atoms with Gasteiger partial charge in [0.1, 0.15) is 18.2 Å². The van der Waals surface area contributed by atoms with Crippen LogP contribution in [0.25, 0.3) is 0 Å². The minimum absolute atomic E-state index is 0.143. The molecule has 7 nitrogen and oxygen atoms in total. The fourth-order valence-corrected chi connectivity index (χ4v) is 1.38. The molecular weight excluding hydrogens is 188 g/mol. The van der Waals surface area contributed by atoms with Crippen molar-refractivity contribution >= 4 is 5.96 Å². The largest absolute Gasteiger partial charge is 0.388 e. The highest BCUT2D eigenvalue weighted by atomic mass is 16.5. The molecule has 0 unspecified atom stereocenters. The molecule has 0 amide bonds. The van der Waals surface area contributed by atoms with Gasteiger partial charge in [-0.15, -0.1) is 0 Å². The molecule has 8 N–H and O–H groups in total. The molecule has 1 heterocycles. The standard InChI is InChI=1S/C7H16N4O3/c8-1-4-6(13)5(12)3(2-14-4)11-7(9)10/h3-6,12-13H,1-2,8H2,(H4,9,10,11)/t3-,4+,5+,6+/m0/s1. The van der Waals surface area contributed by atoms with Crippen LogP contribution in [0.15, 0.2) is 4.99 Å². The Labute approximate surface area is 81.5 Å². The molecule has 7 heteroatoms. The first kappa shape index (κ1) is 11.2. The predicted molar refractivity (Wildman–Crippen MR) is 50.4 cm³/mol. The zero-order valence-corrected chi connectivity index (χ0v) is 7.71. The van der Waals surface area contributed by atoms with E-state index < -0.39 is 24.4 Å². The van der Waals surface area contributed by atoms with E-state index in [1.165, 1.54) is 0 Å². The number of hydrogen-bond donors (Lipinski definition) is 5. The van der Waals surface area contributed by atoms with Crippen LogP contribution in [-0.2, 0) is 4.74 Å². The minimum Gasteiger partial charge on any atom is -0.388 e. The lowest BCUT2D eigenvalue weighted by atomic mass is 9.98. The van der Waals surface area contributed by atoms with E-state index in [1.54, 1.807) is 0 Å². The van der Waals surface area contributed by atoms with Crippen LogP contribution in [0.5, 0.6) is 0 Å². The van der Waals surface area contributed by atoms with Gasteiger partial charge in [0.15, 0.2) is 5.96 Å². The van der Waals surface area contributed by atoms with Gasteiger partial charge >= 0.3 is 0 Å². The minimum atomic E-state index is -1.05. The van der Waals surface area contributed by atoms with E-state index in [-0.39, 0.29) is 19.1 Å². The molecule has 0 spiro atoms. The SMILES string of the molecule is NC[C@H]1OC[C@H](N=C(N)N)[C@@H](O)[C@@H]1O. The summed E-state index contributed by atoms with van der Waals surface area (Å²) in [5, 5.41) is 19.1. The smallest absolute Gasteiger partial charge is 0.186 e. The Morgan fingerprint density at radius 1 is 1.36 bits per heavy atom. The van der Waals surface area contributed by atoms with Gasteiger partial charge in [0.25, 0.3) is 0 Å². The van der Waals surface area contributed by atoms with Crippen molar-refractivity contribution in [3.63, 3.8) is 0 Å². The van der Waals surface area contributed by atoms with Crippen LogP contribution in [0, 0.1) is 0 Å². The van der Waals surface area contributed by atoms with Gasteiger partial charge in [0, 0.05) is 6.54 Å². The second-order valence-electron chi connectivity index (χ2n) is 3.21. The number of nitrogens with zero attached hydrogens (tertiary/aromatic N) is 1. The molecule has 1 rings (SSSR count). The molecular formula is C7H16N4O3. The maximum Gasteiger partial charge on any atom is 0.186 e. The topological polar surface area (TPSA) is 140 Å². The summed E-state index contributed by atoms with van der Waals surface area (Å²) in [5.74, 6) is -0.143. The van der Waals surface area contributed by atoms with Crippen LogP contribution in [-0.4, -0.2) is 53.7 Å². The first-order valence-corrected chi connectivity index (χ1v) is 4.32. The Bertz CT molecular complexity index is 219. The number of rotatable bonds is 2. The Balaban J connectivity index is 2.64. The Morgan fingerprint density at radius 3 is 2.50 bits per heavy atom. The Morgan fingerprint density at radius 2 is 2.00 bits per heavy atom. The lowest BCUT2D eigenvalue weighted by molar-refractivity contribution is -0.139. The van der Waals surface area contributed by atoms with Gasteiger partial charge in [0.2, 0.25) is 0 Å². The van der Waals surface area contributed by atoms with E-state index in [4.69, 9.17) is 21.9 Å². The van der Waals surface area contributed by atoms with Crippen LogP contribution >= 0.6 is 0 Å². The van der Waals surface area contributed by atoms with E-state index in [0.717, 1.165) is 0 Å². The third kappa shape index (κ3) is 2.32. The van der Waals surface area contributed by atoms with E-state index in [2.05, 4.69) is 4.99 Å². The van der Waals surface area contributed by atoms with Gasteiger partial charge in [-0.3, -0.25) is 0 Å². The van der Waals surface area contributed by atoms with Gasteiger partial charge < -0.3 is 32.2 Å². The van der Waals surface area contributed by atoms with Crippen LogP contribution < -0.4 is 17.2 Å². The second kappa shape index (κ2) is 4.56. The van der Waals surface area contributed by atoms with E-state index in [0.29, 0.717) is 0 Å². The molecule has 4 atom stereocenters. The molecule has 1 aliphatic heterocycles. The fraction of sp³-hybridized carbons (Fsp3) is 0.857. The van der Waals surface area contributed by atoms with Crippen molar-refractivity contribution in [1.29, 1.82) is 0 Å². The number of hydrogen-bond acceptors (Lipinski definition) is 5. The summed E-state index contributed by atoms with van der Waals surface area (Å²) in [6.07, 6.45) is -2.66. The maximum atomic E-state index is 9.58. The molecule has 0 radical (unpaired) electrons. The zero-order valence-electron chi connectivity index (χ0n) is 7.71. The van der Waals surface area contributed by atoms with Crippen LogP contribution in [0.4, 0.5) is 0 Å². The summed E-state index contributed by atoms with van der Waals surface area (Å²) in [4.78, 5) is 3.73. The third-order valence-corrected chi connectivity index (χ3v) is 2.15. The molecule has 14 heavy (non-hydrogen) atoms. The molecule has 0 aromatic rings. The van der Waals surface area contributed by atoms with Crippen molar-refractivity contribution in [2.45, 2.75) is 24.4 Å². The molecule has 1 saturated heterocycles. The van der Waals surface area contributed by atoms with Crippen LogP contribution in [0.1, 0.15) is 0 Å². The second-order valence-corrected chi connectivity index (χ2v) is 3.21. The number of aliphatic hydroxyl groups excluding tert-OH is 2. The number of aliphatic imine (C=N–C) groups is 1. The summed E-state index contributed by atoms with van der Waals surface area (Å²) in [6.45, 7) is 0.296. The zero-order chi connectivity index (χ0) is 10.7. The number of guanidine groups is 1. The highest BCUT2D eigenvalue weighted by Crippen LogP contribution is 2.16. The van der Waals surface area contributed by atoms with Crippen LogP contribution in [0.3, 0.4) is 0 Å². The van der Waals surface area contributed by atoms with Gasteiger partial charge in [-0.1, -0.05) is 0 Å². The molecule has 0 aromatic carbocycles. The Hall–Kier alpha value is -0.890. The number of aliphatic hydroxyl groups is 2. The lowest BCUT2D eigenvalue weighted by Gasteiger charge is -2.35. The Kier molecular flexibility index (Phi) is 3.64. The van der Waals surface area contributed by atoms with Crippen molar-refractivity contribution in [2.75, 3.05) is 13.2 Å². The van der Waals surface area contributed by atoms with Crippen LogP contribution in [0.2, 0.25) is 0 Å². The van der Waals surface area contributed by atoms with E-state index in [9.17, 15) is 10.2 Å². The normalized spacial score (nSPS) is 37.9. The van der Waals surface area contributed by atoms with Crippen molar-refractivity contribution in [3.05, 3.63) is 0 Å². The molecule has 1 aliphatic rings. The van der Waals surface area contributed by atoms with Gasteiger partial charge in [-0.2, -0.15) is 0 Å². The average molecular weight is 204 g/mol. The van der Waals surface area contributed by atoms with Gasteiger partial charge in [-0.25, -0.2) is 4.99 Å². The number of nitrogens with two attached hydrogens (primary N) is 3. The quantitative estimate of drug-likeness (QED) is 0.236. The molecule has 1 fully saturated rings. The average Bonchev–Trinajstić information content (AvgIpc) is 2.13. The lowest BCUT2D eigenvalue weighted by Crippen LogP contribution is -2.55. The highest BCUT2D eigenvalue weighted by molar-refractivity contribution is 5.75. The van der Waals surface area contributed by atoms with E-state index in [1.807, 2.05) is 0 Å². The fourth-order valence-electron chi connectivity index (χ4n) is 1.38. The summed E-state index contributed by atoms with van der Waals surface area (Å²) in [6, 6.07) is -0.627. The van der Waals surface area contributed by atoms with Gasteiger partial charge in [-0.05, 0) is 0 Å². The molecule has 0 saturated carbocycles. The maximum absolute atomic E-state index is 9.58. The van der Waals surface area contributed by atoms with Gasteiger partial charge in [0.05, 0.1) is 12.7 Å². The molecule has 0 aliphatic carbocycles. The summed E-state index contributed by atoms with van der Waals surface area (Å²) >= 11 is 0. The first-order valence-electron chi connectivity index (χ1n) is 4.32. The van der Waals surface area contributed by atoms with E-state index >= 15 is 0 Å². The molecule has 0 bridgehead atoms. The first-order chi connectivity index (χ1) is 6.56. The molecule has 0 aromatic heterocycles. The monoisotopic (exact) mass is 204 g/mol. The van der Waals surface area contributed by atoms with Crippen molar-refractivity contribution in [3.8, 4) is 0 Å². The third-order valence-electron chi connectivity index (χ3n) is 2.15. The van der Waals surface area contributed by atoms with Crippen molar-refractivity contribution < 1.29 is 14.9 Å². The highest BCUT2D eigenvalue weighted by Gasteiger charge is 2.37. The summed E-state index contributed by atoms with van der Waals surface area (Å²) in [7, 11) is 0. The van der Waals surface area contributed by atoms with Crippen molar-refractivity contribution in [2.24, 2.45) is 22.2 Å². The summed E-state index contributed by atoms with van der Waals surface area (Å²) < 4.78 is 5.17.